The normalized spacial score (nSPS) is 21.0. The van der Waals surface area contributed by atoms with Gasteiger partial charge in [0.15, 0.2) is 0 Å². The Hall–Kier alpha value is -2.73. The molecule has 32 heavy (non-hydrogen) atoms. The molecule has 2 fully saturated rings. The highest BCUT2D eigenvalue weighted by atomic mass is 35.5. The van der Waals surface area contributed by atoms with Crippen LogP contribution in [-0.2, 0) is 4.79 Å². The maximum atomic E-state index is 13.9. The summed E-state index contributed by atoms with van der Waals surface area (Å²) < 4.78 is 13.8. The van der Waals surface area contributed by atoms with Crippen molar-refractivity contribution in [3.05, 3.63) is 70.0 Å². The first kappa shape index (κ1) is 21.1. The second kappa shape index (κ2) is 8.00. The molecule has 1 amide bonds. The zero-order valence-corrected chi connectivity index (χ0v) is 18.3. The molecule has 0 bridgehead atoms. The van der Waals surface area contributed by atoms with Crippen LogP contribution in [0.25, 0.3) is 0 Å². The van der Waals surface area contributed by atoms with Crippen molar-refractivity contribution in [2.75, 3.05) is 0 Å². The van der Waals surface area contributed by atoms with E-state index in [-0.39, 0.29) is 22.5 Å². The first-order chi connectivity index (χ1) is 15.4. The molecule has 0 aromatic heterocycles. The highest BCUT2D eigenvalue weighted by Crippen LogP contribution is 2.52. The van der Waals surface area contributed by atoms with Crippen LogP contribution in [0.5, 0.6) is 0 Å². The Morgan fingerprint density at radius 1 is 1.12 bits per heavy atom. The largest absolute Gasteiger partial charge is 0.478 e. The third-order valence-corrected chi connectivity index (χ3v) is 7.17. The Morgan fingerprint density at radius 3 is 2.41 bits per heavy atom. The molecule has 1 spiro atoms. The molecule has 2 aliphatic carbocycles. The van der Waals surface area contributed by atoms with E-state index in [0.717, 1.165) is 50.5 Å². The number of carboxylic acid groups (broad SMARTS) is 1. The number of carbonyl (C=O) groups is 2. The minimum Gasteiger partial charge on any atom is -0.478 e. The maximum absolute atomic E-state index is 13.9. The van der Waals surface area contributed by atoms with E-state index in [1.54, 1.807) is 18.2 Å². The lowest BCUT2D eigenvalue weighted by Crippen LogP contribution is -2.50. The van der Waals surface area contributed by atoms with E-state index in [9.17, 15) is 19.1 Å². The lowest BCUT2D eigenvalue weighted by atomic mass is 9.86. The molecule has 0 saturated heterocycles. The summed E-state index contributed by atoms with van der Waals surface area (Å²) in [4.78, 5) is 32.1. The van der Waals surface area contributed by atoms with Crippen molar-refractivity contribution in [1.82, 2.24) is 4.90 Å². The smallest absolute Gasteiger partial charge is 0.335 e. The van der Waals surface area contributed by atoms with Gasteiger partial charge in [-0.3, -0.25) is 9.79 Å². The Kier molecular flexibility index (Phi) is 5.28. The first-order valence-electron chi connectivity index (χ1n) is 11.1. The Labute approximate surface area is 190 Å². The Balaban J connectivity index is 1.58. The number of hydrogen-bond acceptors (Lipinski definition) is 3. The fraction of sp³-hybridized carbons (Fsp3) is 0.400. The number of carboxylic acids is 1. The Bertz CT molecular complexity index is 1100. The highest BCUT2D eigenvalue weighted by Gasteiger charge is 2.53. The molecule has 1 heterocycles. The average molecular weight is 455 g/mol. The van der Waals surface area contributed by atoms with Crippen LogP contribution in [0.4, 0.5) is 4.39 Å². The molecule has 1 atom stereocenters. The van der Waals surface area contributed by atoms with Gasteiger partial charge in [-0.05, 0) is 80.3 Å². The van der Waals surface area contributed by atoms with Gasteiger partial charge in [0.25, 0.3) is 5.91 Å². The number of carbonyl (C=O) groups excluding carboxylic acids is 1. The highest BCUT2D eigenvalue weighted by molar-refractivity contribution is 6.47. The number of aromatic carboxylic acids is 1. The predicted octanol–water partition coefficient (Wildman–Crippen LogP) is 5.62. The van der Waals surface area contributed by atoms with Crippen LogP contribution in [0.3, 0.4) is 0 Å². The Morgan fingerprint density at radius 2 is 1.81 bits per heavy atom. The number of amides is 1. The average Bonchev–Trinajstić information content (AvgIpc) is 3.59. The quantitative estimate of drug-likeness (QED) is 0.637. The van der Waals surface area contributed by atoms with Gasteiger partial charge in [-0.2, -0.15) is 0 Å². The molecule has 5 nitrogen and oxygen atoms in total. The van der Waals surface area contributed by atoms with Crippen LogP contribution in [0, 0.1) is 11.7 Å². The standard InChI is InChI=1S/C25H24ClFN2O3/c26-19-14-18(10-11-20(19)27)21-23(30)29(25(28-21)12-2-1-3-13-25)22(15-4-5-15)16-6-8-17(9-7-16)24(31)32/h6-11,14-15,22H,1-5,12-13H2,(H,31,32)/t22-/m1/s1. The maximum Gasteiger partial charge on any atom is 0.335 e. The molecule has 1 N–H and O–H groups in total. The van der Waals surface area contributed by atoms with Gasteiger partial charge in [0.05, 0.1) is 16.6 Å². The summed E-state index contributed by atoms with van der Waals surface area (Å²) in [6.45, 7) is 0. The number of benzene rings is 2. The third kappa shape index (κ3) is 3.60. The summed E-state index contributed by atoms with van der Waals surface area (Å²) in [5.41, 5.74) is 1.40. The van der Waals surface area contributed by atoms with Gasteiger partial charge in [-0.25, -0.2) is 9.18 Å². The van der Waals surface area contributed by atoms with Gasteiger partial charge < -0.3 is 10.0 Å². The number of hydrogen-bond donors (Lipinski definition) is 1. The van der Waals surface area contributed by atoms with Crippen molar-refractivity contribution >= 4 is 29.2 Å². The lowest BCUT2D eigenvalue weighted by molar-refractivity contribution is -0.133. The number of nitrogens with zero attached hydrogens (tertiary/aromatic N) is 2. The monoisotopic (exact) mass is 454 g/mol. The van der Waals surface area contributed by atoms with E-state index >= 15 is 0 Å². The predicted molar refractivity (Wildman–Crippen MR) is 119 cm³/mol. The summed E-state index contributed by atoms with van der Waals surface area (Å²) in [7, 11) is 0. The molecule has 5 rings (SSSR count). The number of halogens is 2. The van der Waals surface area contributed by atoms with Crippen LogP contribution in [-0.4, -0.2) is 33.3 Å². The summed E-state index contributed by atoms with van der Waals surface area (Å²) in [6.07, 6.45) is 6.69. The van der Waals surface area contributed by atoms with E-state index < -0.39 is 17.4 Å². The zero-order valence-electron chi connectivity index (χ0n) is 17.6. The van der Waals surface area contributed by atoms with Gasteiger partial charge in [-0.1, -0.05) is 30.2 Å². The van der Waals surface area contributed by atoms with Crippen molar-refractivity contribution in [3.8, 4) is 0 Å². The van der Waals surface area contributed by atoms with Crippen molar-refractivity contribution in [2.45, 2.75) is 56.7 Å². The van der Waals surface area contributed by atoms with E-state index in [1.807, 2.05) is 17.0 Å². The van der Waals surface area contributed by atoms with E-state index in [4.69, 9.17) is 16.6 Å². The van der Waals surface area contributed by atoms with Crippen LogP contribution in [0.1, 0.15) is 72.5 Å². The van der Waals surface area contributed by atoms with Crippen molar-refractivity contribution < 1.29 is 19.1 Å². The fourth-order valence-electron chi connectivity index (χ4n) is 5.17. The lowest BCUT2D eigenvalue weighted by Gasteiger charge is -2.44. The number of rotatable bonds is 5. The number of aliphatic imine (C=N–C) groups is 1. The summed E-state index contributed by atoms with van der Waals surface area (Å²) in [6, 6.07) is 11.0. The molecule has 1 aliphatic heterocycles. The summed E-state index contributed by atoms with van der Waals surface area (Å²) in [5.74, 6) is -1.34. The molecular weight excluding hydrogens is 431 g/mol. The molecule has 0 radical (unpaired) electrons. The summed E-state index contributed by atoms with van der Waals surface area (Å²) in [5, 5.41) is 9.24. The van der Waals surface area contributed by atoms with Gasteiger partial charge in [0.2, 0.25) is 0 Å². The van der Waals surface area contributed by atoms with Gasteiger partial charge in [-0.15, -0.1) is 0 Å². The van der Waals surface area contributed by atoms with Crippen molar-refractivity contribution in [1.29, 1.82) is 0 Å². The van der Waals surface area contributed by atoms with Gasteiger partial charge in [0.1, 0.15) is 17.2 Å². The molecule has 0 unspecified atom stereocenters. The molecule has 2 saturated carbocycles. The zero-order chi connectivity index (χ0) is 22.5. The van der Waals surface area contributed by atoms with Gasteiger partial charge >= 0.3 is 5.97 Å². The van der Waals surface area contributed by atoms with E-state index in [1.165, 1.54) is 12.1 Å². The minimum absolute atomic E-state index is 0.0304. The second-order valence-electron chi connectivity index (χ2n) is 9.02. The molecule has 3 aliphatic rings. The third-order valence-electron chi connectivity index (χ3n) is 6.88. The van der Waals surface area contributed by atoms with Crippen LogP contribution in [0.15, 0.2) is 47.5 Å². The molecule has 7 heteroatoms. The van der Waals surface area contributed by atoms with Crippen LogP contribution >= 0.6 is 11.6 Å². The van der Waals surface area contributed by atoms with Crippen molar-refractivity contribution in [3.63, 3.8) is 0 Å². The molecular formula is C25H24ClFN2O3. The minimum atomic E-state index is -0.973. The van der Waals surface area contributed by atoms with Crippen LogP contribution in [0.2, 0.25) is 5.02 Å². The SMILES string of the molecule is O=C(O)c1ccc([C@@H](C2CC2)N2C(=O)C(c3ccc(F)c(Cl)c3)=NC23CCCCC3)cc1. The van der Waals surface area contributed by atoms with Gasteiger partial charge in [0, 0.05) is 5.56 Å². The van der Waals surface area contributed by atoms with Crippen LogP contribution < -0.4 is 0 Å². The summed E-state index contributed by atoms with van der Waals surface area (Å²) >= 11 is 6.01. The van der Waals surface area contributed by atoms with Crippen molar-refractivity contribution in [2.24, 2.45) is 10.9 Å². The molecule has 2 aromatic rings. The van der Waals surface area contributed by atoms with E-state index in [0.29, 0.717) is 17.2 Å². The second-order valence-corrected chi connectivity index (χ2v) is 9.42. The fourth-order valence-corrected chi connectivity index (χ4v) is 5.35. The topological polar surface area (TPSA) is 70.0 Å². The van der Waals surface area contributed by atoms with E-state index in [2.05, 4.69) is 0 Å². The molecule has 166 valence electrons. The first-order valence-corrected chi connectivity index (χ1v) is 11.5. The molecule has 2 aromatic carbocycles.